The van der Waals surface area contributed by atoms with Crippen molar-refractivity contribution in [1.29, 1.82) is 0 Å². The number of nitrogens with two attached hydrogens (primary N) is 1. The van der Waals surface area contributed by atoms with Crippen molar-refractivity contribution in [2.24, 2.45) is 5.73 Å². The third-order valence-corrected chi connectivity index (χ3v) is 2.95. The van der Waals surface area contributed by atoms with Gasteiger partial charge in [0, 0.05) is 6.04 Å². The maximum absolute atomic E-state index is 5.84. The topological polar surface area (TPSA) is 61.3 Å². The molecule has 2 rings (SSSR count). The van der Waals surface area contributed by atoms with Crippen molar-refractivity contribution >= 4 is 0 Å². The number of hydrogen-bond donors (Lipinski definition) is 1. The smallest absolute Gasteiger partial charge is 0.140 e. The Labute approximate surface area is 107 Å². The van der Waals surface area contributed by atoms with Crippen molar-refractivity contribution < 1.29 is 9.26 Å². The molecule has 0 aliphatic carbocycles. The fraction of sp³-hybridized carbons (Fsp3) is 0.357. The summed E-state index contributed by atoms with van der Waals surface area (Å²) in [4.78, 5) is 0. The minimum absolute atomic E-state index is 0.00705. The quantitative estimate of drug-likeness (QED) is 0.901. The van der Waals surface area contributed by atoms with E-state index < -0.39 is 0 Å². The highest BCUT2D eigenvalue weighted by Crippen LogP contribution is 2.20. The van der Waals surface area contributed by atoms with Gasteiger partial charge in [-0.25, -0.2) is 0 Å². The number of benzene rings is 1. The number of nitrogens with zero attached hydrogens (tertiary/aromatic N) is 1. The van der Waals surface area contributed by atoms with Crippen molar-refractivity contribution in [1.82, 2.24) is 5.16 Å². The number of rotatable bonds is 4. The van der Waals surface area contributed by atoms with Gasteiger partial charge in [0.15, 0.2) is 0 Å². The molecule has 2 N–H and O–H groups in total. The normalized spacial score (nSPS) is 12.4. The highest BCUT2D eigenvalue weighted by atomic mass is 16.5. The molecular formula is C14H18N2O2. The van der Waals surface area contributed by atoms with Crippen LogP contribution in [0.15, 0.2) is 28.8 Å². The summed E-state index contributed by atoms with van der Waals surface area (Å²) in [5, 5.41) is 3.90. The van der Waals surface area contributed by atoms with Crippen LogP contribution in [0.25, 0.3) is 0 Å². The molecule has 0 aliphatic rings. The molecule has 1 atom stereocenters. The van der Waals surface area contributed by atoms with Crippen LogP contribution in [0.2, 0.25) is 0 Å². The van der Waals surface area contributed by atoms with E-state index in [1.807, 2.05) is 45.0 Å². The average Bonchev–Trinajstić information content (AvgIpc) is 2.67. The summed E-state index contributed by atoms with van der Waals surface area (Å²) in [7, 11) is 0. The Hall–Kier alpha value is -1.81. The van der Waals surface area contributed by atoms with Gasteiger partial charge in [-0.15, -0.1) is 0 Å². The maximum Gasteiger partial charge on any atom is 0.140 e. The first-order valence-electron chi connectivity index (χ1n) is 5.98. The summed E-state index contributed by atoms with van der Waals surface area (Å²) in [6.45, 7) is 6.21. The summed E-state index contributed by atoms with van der Waals surface area (Å²) in [6, 6.07) is 7.83. The van der Waals surface area contributed by atoms with E-state index in [-0.39, 0.29) is 6.04 Å². The standard InChI is InChI=1S/C14H18N2O2/c1-9(15)12-5-4-6-13(7-12)17-8-14-10(2)16-18-11(14)3/h4-7,9H,8,15H2,1-3H3/t9-/m0/s1. The molecule has 0 radical (unpaired) electrons. The number of aromatic nitrogens is 1. The Bertz CT molecular complexity index is 513. The molecule has 4 heteroatoms. The molecule has 0 bridgehead atoms. The molecule has 0 saturated carbocycles. The predicted octanol–water partition coefficient (Wildman–Crippen LogP) is 2.89. The molecule has 0 amide bonds. The molecule has 0 saturated heterocycles. The van der Waals surface area contributed by atoms with E-state index in [0.717, 1.165) is 28.3 Å². The van der Waals surface area contributed by atoms with E-state index in [1.165, 1.54) is 0 Å². The Morgan fingerprint density at radius 3 is 2.78 bits per heavy atom. The molecule has 18 heavy (non-hydrogen) atoms. The van der Waals surface area contributed by atoms with Gasteiger partial charge in [-0.2, -0.15) is 0 Å². The lowest BCUT2D eigenvalue weighted by Gasteiger charge is -2.09. The molecule has 2 aromatic rings. The maximum atomic E-state index is 5.84. The Balaban J connectivity index is 2.09. The molecule has 96 valence electrons. The van der Waals surface area contributed by atoms with Gasteiger partial charge in [-0.3, -0.25) is 0 Å². The van der Waals surface area contributed by atoms with Crippen molar-refractivity contribution in [2.75, 3.05) is 0 Å². The van der Waals surface area contributed by atoms with Gasteiger partial charge in [0.05, 0.1) is 11.3 Å². The van der Waals surface area contributed by atoms with Gasteiger partial charge in [0.1, 0.15) is 18.1 Å². The summed E-state index contributed by atoms with van der Waals surface area (Å²) >= 11 is 0. The van der Waals surface area contributed by atoms with Crippen LogP contribution in [-0.4, -0.2) is 5.16 Å². The van der Waals surface area contributed by atoms with E-state index in [2.05, 4.69) is 5.16 Å². The summed E-state index contributed by atoms with van der Waals surface area (Å²) in [6.07, 6.45) is 0. The summed E-state index contributed by atoms with van der Waals surface area (Å²) in [5.74, 6) is 1.61. The Morgan fingerprint density at radius 1 is 1.39 bits per heavy atom. The van der Waals surface area contributed by atoms with Gasteiger partial charge in [-0.1, -0.05) is 17.3 Å². The fourth-order valence-corrected chi connectivity index (χ4v) is 1.75. The second-order valence-corrected chi connectivity index (χ2v) is 4.45. The van der Waals surface area contributed by atoms with Gasteiger partial charge in [0.25, 0.3) is 0 Å². The predicted molar refractivity (Wildman–Crippen MR) is 69.4 cm³/mol. The molecule has 1 aromatic carbocycles. The molecule has 0 unspecified atom stereocenters. The van der Waals surface area contributed by atoms with E-state index in [4.69, 9.17) is 15.0 Å². The second-order valence-electron chi connectivity index (χ2n) is 4.45. The Kier molecular flexibility index (Phi) is 3.67. The summed E-state index contributed by atoms with van der Waals surface area (Å²) in [5.41, 5.74) is 8.77. The second kappa shape index (κ2) is 5.23. The van der Waals surface area contributed by atoms with Crippen LogP contribution in [0.1, 0.15) is 35.5 Å². The lowest BCUT2D eigenvalue weighted by atomic mass is 10.1. The van der Waals surface area contributed by atoms with Crippen LogP contribution in [0.5, 0.6) is 5.75 Å². The minimum atomic E-state index is 0.00705. The lowest BCUT2D eigenvalue weighted by molar-refractivity contribution is 0.301. The molecular weight excluding hydrogens is 228 g/mol. The van der Waals surface area contributed by atoms with E-state index >= 15 is 0 Å². The fourth-order valence-electron chi connectivity index (χ4n) is 1.75. The average molecular weight is 246 g/mol. The molecule has 1 heterocycles. The van der Waals surface area contributed by atoms with Crippen LogP contribution >= 0.6 is 0 Å². The molecule has 0 spiro atoms. The van der Waals surface area contributed by atoms with Gasteiger partial charge < -0.3 is 15.0 Å². The largest absolute Gasteiger partial charge is 0.489 e. The zero-order valence-electron chi connectivity index (χ0n) is 10.9. The SMILES string of the molecule is Cc1noc(C)c1COc1cccc([C@H](C)N)c1. The first kappa shape index (κ1) is 12.6. The first-order valence-corrected chi connectivity index (χ1v) is 5.98. The highest BCUT2D eigenvalue weighted by molar-refractivity contribution is 5.30. The van der Waals surface area contributed by atoms with Crippen molar-refractivity contribution in [3.05, 3.63) is 46.8 Å². The van der Waals surface area contributed by atoms with Crippen molar-refractivity contribution in [3.8, 4) is 5.75 Å². The van der Waals surface area contributed by atoms with Crippen LogP contribution in [0.4, 0.5) is 0 Å². The van der Waals surface area contributed by atoms with Gasteiger partial charge in [-0.05, 0) is 38.5 Å². The van der Waals surface area contributed by atoms with Crippen LogP contribution in [0, 0.1) is 13.8 Å². The monoisotopic (exact) mass is 246 g/mol. The zero-order chi connectivity index (χ0) is 13.1. The van der Waals surface area contributed by atoms with Gasteiger partial charge >= 0.3 is 0 Å². The highest BCUT2D eigenvalue weighted by Gasteiger charge is 2.09. The zero-order valence-corrected chi connectivity index (χ0v) is 10.9. The number of ether oxygens (including phenoxy) is 1. The van der Waals surface area contributed by atoms with Crippen molar-refractivity contribution in [3.63, 3.8) is 0 Å². The van der Waals surface area contributed by atoms with E-state index in [0.29, 0.717) is 6.61 Å². The molecule has 0 fully saturated rings. The Morgan fingerprint density at radius 2 is 2.17 bits per heavy atom. The van der Waals surface area contributed by atoms with E-state index in [1.54, 1.807) is 0 Å². The molecule has 1 aromatic heterocycles. The van der Waals surface area contributed by atoms with E-state index in [9.17, 15) is 0 Å². The number of hydrogen-bond acceptors (Lipinski definition) is 4. The minimum Gasteiger partial charge on any atom is -0.489 e. The van der Waals surface area contributed by atoms with Crippen LogP contribution in [0.3, 0.4) is 0 Å². The van der Waals surface area contributed by atoms with Crippen molar-refractivity contribution in [2.45, 2.75) is 33.4 Å². The number of aryl methyl sites for hydroxylation is 2. The third-order valence-electron chi connectivity index (χ3n) is 2.95. The first-order chi connectivity index (χ1) is 8.58. The van der Waals surface area contributed by atoms with Crippen LogP contribution in [-0.2, 0) is 6.61 Å². The summed E-state index contributed by atoms with van der Waals surface area (Å²) < 4.78 is 10.8. The third kappa shape index (κ3) is 2.71. The van der Waals surface area contributed by atoms with Gasteiger partial charge in [0.2, 0.25) is 0 Å². The van der Waals surface area contributed by atoms with Crippen LogP contribution < -0.4 is 10.5 Å². The molecule has 4 nitrogen and oxygen atoms in total. The lowest BCUT2D eigenvalue weighted by Crippen LogP contribution is -2.05. The molecule has 0 aliphatic heterocycles.